The molecule has 0 heterocycles. The van der Waals surface area contributed by atoms with Gasteiger partial charge in [0.25, 0.3) is 0 Å². The zero-order valence-electron chi connectivity index (χ0n) is 11.8. The van der Waals surface area contributed by atoms with Gasteiger partial charge in [0.05, 0.1) is 5.56 Å². The molecular weight excluding hydrogens is 287 g/mol. The lowest BCUT2D eigenvalue weighted by Gasteiger charge is -2.19. The van der Waals surface area contributed by atoms with Gasteiger partial charge in [-0.05, 0) is 23.6 Å². The van der Waals surface area contributed by atoms with E-state index in [2.05, 4.69) is 0 Å². The molecule has 0 fully saturated rings. The fourth-order valence-electron chi connectivity index (χ4n) is 1.67. The van der Waals surface area contributed by atoms with Gasteiger partial charge in [0.1, 0.15) is 0 Å². The summed E-state index contributed by atoms with van der Waals surface area (Å²) in [4.78, 5) is 0. The van der Waals surface area contributed by atoms with Crippen molar-refractivity contribution in [2.75, 3.05) is 5.75 Å². The van der Waals surface area contributed by atoms with Gasteiger partial charge in [-0.3, -0.25) is 4.21 Å². The first-order chi connectivity index (χ1) is 9.12. The van der Waals surface area contributed by atoms with Crippen LogP contribution in [0.5, 0.6) is 0 Å². The van der Waals surface area contributed by atoms with E-state index in [1.54, 1.807) is 0 Å². The topological polar surface area (TPSA) is 43.1 Å². The van der Waals surface area contributed by atoms with Gasteiger partial charge >= 0.3 is 6.18 Å². The van der Waals surface area contributed by atoms with Crippen LogP contribution in [0.4, 0.5) is 13.2 Å². The average Bonchev–Trinajstić information content (AvgIpc) is 2.36. The SMILES string of the molecule is CC(C)C(C)S(=O)CC(N)c1cccc(C(F)(F)F)c1. The summed E-state index contributed by atoms with van der Waals surface area (Å²) in [5.74, 6) is 0.408. The minimum absolute atomic E-state index is 0.0353. The van der Waals surface area contributed by atoms with Crippen LogP contribution in [0.2, 0.25) is 0 Å². The van der Waals surface area contributed by atoms with Gasteiger partial charge in [-0.25, -0.2) is 0 Å². The molecule has 2 nitrogen and oxygen atoms in total. The molecule has 6 heteroatoms. The lowest BCUT2D eigenvalue weighted by Crippen LogP contribution is -2.26. The highest BCUT2D eigenvalue weighted by Crippen LogP contribution is 2.30. The Morgan fingerprint density at radius 3 is 2.35 bits per heavy atom. The van der Waals surface area contributed by atoms with Crippen LogP contribution >= 0.6 is 0 Å². The second kappa shape index (κ2) is 6.72. The van der Waals surface area contributed by atoms with Crippen LogP contribution < -0.4 is 5.73 Å². The fourth-order valence-corrected chi connectivity index (χ4v) is 3.13. The molecule has 0 aliphatic heterocycles. The first kappa shape index (κ1) is 17.2. The maximum Gasteiger partial charge on any atom is 0.416 e. The summed E-state index contributed by atoms with van der Waals surface area (Å²) in [6, 6.07) is 4.25. The van der Waals surface area contributed by atoms with Crippen molar-refractivity contribution in [1.29, 1.82) is 0 Å². The quantitative estimate of drug-likeness (QED) is 0.905. The van der Waals surface area contributed by atoms with Gasteiger partial charge in [0.15, 0.2) is 0 Å². The van der Waals surface area contributed by atoms with E-state index in [-0.39, 0.29) is 16.9 Å². The van der Waals surface area contributed by atoms with E-state index in [1.807, 2.05) is 20.8 Å². The second-order valence-electron chi connectivity index (χ2n) is 5.23. The molecule has 0 bridgehead atoms. The van der Waals surface area contributed by atoms with E-state index in [0.29, 0.717) is 5.56 Å². The van der Waals surface area contributed by atoms with Crippen molar-refractivity contribution in [3.8, 4) is 0 Å². The molecule has 1 aromatic rings. The van der Waals surface area contributed by atoms with Crippen molar-refractivity contribution < 1.29 is 17.4 Å². The minimum atomic E-state index is -4.39. The van der Waals surface area contributed by atoms with E-state index < -0.39 is 28.6 Å². The lowest BCUT2D eigenvalue weighted by atomic mass is 10.1. The van der Waals surface area contributed by atoms with Crippen LogP contribution in [0, 0.1) is 5.92 Å². The Balaban J connectivity index is 2.83. The second-order valence-corrected chi connectivity index (χ2v) is 7.06. The zero-order chi connectivity index (χ0) is 15.5. The van der Waals surface area contributed by atoms with E-state index in [0.717, 1.165) is 12.1 Å². The first-order valence-electron chi connectivity index (χ1n) is 6.42. The van der Waals surface area contributed by atoms with Gasteiger partial charge in [-0.2, -0.15) is 13.2 Å². The van der Waals surface area contributed by atoms with E-state index >= 15 is 0 Å². The Hall–Kier alpha value is -0.880. The Morgan fingerprint density at radius 1 is 1.25 bits per heavy atom. The van der Waals surface area contributed by atoms with Gasteiger partial charge < -0.3 is 5.73 Å². The number of rotatable bonds is 5. The van der Waals surface area contributed by atoms with Crippen molar-refractivity contribution in [2.24, 2.45) is 11.7 Å². The third kappa shape index (κ3) is 4.59. The van der Waals surface area contributed by atoms with Crippen LogP contribution in [-0.2, 0) is 17.0 Å². The molecule has 20 heavy (non-hydrogen) atoms. The molecular formula is C14H20F3NOS. The van der Waals surface area contributed by atoms with Crippen molar-refractivity contribution in [3.05, 3.63) is 35.4 Å². The monoisotopic (exact) mass is 307 g/mol. The molecule has 3 unspecified atom stereocenters. The summed E-state index contributed by atoms with van der Waals surface area (Å²) < 4.78 is 49.9. The van der Waals surface area contributed by atoms with Crippen molar-refractivity contribution in [2.45, 2.75) is 38.2 Å². The molecule has 0 spiro atoms. The predicted octanol–water partition coefficient (Wildman–Crippen LogP) is 3.50. The van der Waals surface area contributed by atoms with Gasteiger partial charge in [0, 0.05) is 27.8 Å². The predicted molar refractivity (Wildman–Crippen MR) is 75.7 cm³/mol. The molecule has 0 saturated carbocycles. The van der Waals surface area contributed by atoms with E-state index in [9.17, 15) is 17.4 Å². The summed E-state index contributed by atoms with van der Waals surface area (Å²) in [5, 5.41) is -0.0353. The molecule has 1 aromatic carbocycles. The van der Waals surface area contributed by atoms with Crippen LogP contribution in [-0.4, -0.2) is 15.2 Å². The summed E-state index contributed by atoms with van der Waals surface area (Å²) in [5.41, 5.74) is 5.52. The van der Waals surface area contributed by atoms with E-state index in [1.165, 1.54) is 12.1 Å². The van der Waals surface area contributed by atoms with Crippen LogP contribution in [0.1, 0.15) is 37.9 Å². The Kier molecular flexibility index (Phi) is 5.77. The number of alkyl halides is 3. The van der Waals surface area contributed by atoms with Gasteiger partial charge in [-0.15, -0.1) is 0 Å². The summed E-state index contributed by atoms with van der Waals surface area (Å²) in [7, 11) is -1.16. The zero-order valence-corrected chi connectivity index (χ0v) is 12.6. The standard InChI is InChI=1S/C14H20F3NOS/c1-9(2)10(3)20(19)8-13(18)11-5-4-6-12(7-11)14(15,16)17/h4-7,9-10,13H,8,18H2,1-3H3. The molecule has 0 aromatic heterocycles. The molecule has 3 atom stereocenters. The number of halogens is 3. The number of hydrogen-bond donors (Lipinski definition) is 1. The van der Waals surface area contributed by atoms with Gasteiger partial charge in [0.2, 0.25) is 0 Å². The lowest BCUT2D eigenvalue weighted by molar-refractivity contribution is -0.137. The highest BCUT2D eigenvalue weighted by Gasteiger charge is 2.31. The smallest absolute Gasteiger partial charge is 0.323 e. The number of hydrogen-bond acceptors (Lipinski definition) is 2. The molecule has 114 valence electrons. The largest absolute Gasteiger partial charge is 0.416 e. The fraction of sp³-hybridized carbons (Fsp3) is 0.571. The van der Waals surface area contributed by atoms with Gasteiger partial charge in [-0.1, -0.05) is 32.9 Å². The number of nitrogens with two attached hydrogens (primary N) is 1. The number of benzene rings is 1. The molecule has 0 amide bonds. The molecule has 2 N–H and O–H groups in total. The van der Waals surface area contributed by atoms with Crippen molar-refractivity contribution in [1.82, 2.24) is 0 Å². The molecule has 1 rings (SSSR count). The molecule has 0 saturated heterocycles. The van der Waals surface area contributed by atoms with Crippen molar-refractivity contribution in [3.63, 3.8) is 0 Å². The third-order valence-corrected chi connectivity index (χ3v) is 5.40. The average molecular weight is 307 g/mol. The van der Waals surface area contributed by atoms with Crippen LogP contribution in [0.25, 0.3) is 0 Å². The Morgan fingerprint density at radius 2 is 1.85 bits per heavy atom. The molecule has 0 radical (unpaired) electrons. The summed E-state index contributed by atoms with van der Waals surface area (Å²) in [6.07, 6.45) is -4.39. The van der Waals surface area contributed by atoms with Crippen molar-refractivity contribution >= 4 is 10.8 Å². The Labute approximate surface area is 120 Å². The Bertz CT molecular complexity index is 474. The molecule has 0 aliphatic rings. The summed E-state index contributed by atoms with van der Waals surface area (Å²) in [6.45, 7) is 5.77. The third-order valence-electron chi connectivity index (χ3n) is 3.34. The maximum atomic E-state index is 12.6. The minimum Gasteiger partial charge on any atom is -0.323 e. The van der Waals surface area contributed by atoms with E-state index in [4.69, 9.17) is 5.73 Å². The molecule has 0 aliphatic carbocycles. The highest BCUT2D eigenvalue weighted by molar-refractivity contribution is 7.85. The van der Waals surface area contributed by atoms with Crippen LogP contribution in [0.3, 0.4) is 0 Å². The maximum absolute atomic E-state index is 12.6. The van der Waals surface area contributed by atoms with Crippen LogP contribution in [0.15, 0.2) is 24.3 Å². The normalized spacial score (nSPS) is 17.0. The highest BCUT2D eigenvalue weighted by atomic mass is 32.2. The summed E-state index contributed by atoms with van der Waals surface area (Å²) >= 11 is 0. The first-order valence-corrected chi connectivity index (χ1v) is 7.81.